The molecule has 0 atom stereocenters. The largest absolute Gasteiger partial charge is 0.342 e. The summed E-state index contributed by atoms with van der Waals surface area (Å²) in [4.78, 5) is 14.8. The van der Waals surface area contributed by atoms with Crippen LogP contribution in [0.15, 0.2) is 35.4 Å². The van der Waals surface area contributed by atoms with Crippen molar-refractivity contribution in [2.24, 2.45) is 0 Å². The van der Waals surface area contributed by atoms with Crippen LogP contribution in [-0.4, -0.2) is 19.9 Å². The Morgan fingerprint density at radius 2 is 2.25 bits per heavy atom. The topological polar surface area (TPSA) is 57.4 Å². The lowest BCUT2D eigenvalue weighted by Crippen LogP contribution is -1.86. The first-order chi connectivity index (χ1) is 7.92. The van der Waals surface area contributed by atoms with E-state index in [9.17, 15) is 0 Å². The average molecular weight is 230 g/mol. The van der Waals surface area contributed by atoms with E-state index >= 15 is 0 Å². The van der Waals surface area contributed by atoms with Crippen LogP contribution in [0.3, 0.4) is 0 Å². The van der Waals surface area contributed by atoms with Crippen molar-refractivity contribution in [2.75, 3.05) is 0 Å². The Hall–Kier alpha value is -1.88. The van der Waals surface area contributed by atoms with Crippen LogP contribution in [0.1, 0.15) is 11.3 Å². The number of nitrogens with one attached hydrogen (secondary N) is 2. The van der Waals surface area contributed by atoms with Gasteiger partial charge in [-0.15, -0.1) is 0 Å². The Kier molecular flexibility index (Phi) is 2.30. The van der Waals surface area contributed by atoms with Gasteiger partial charge in [0, 0.05) is 25.0 Å². The molecule has 0 saturated carbocycles. The molecule has 0 aliphatic rings. The highest BCUT2D eigenvalue weighted by atomic mass is 32.1. The molecular weight excluding hydrogens is 220 g/mol. The third kappa shape index (κ3) is 1.77. The van der Waals surface area contributed by atoms with Crippen molar-refractivity contribution in [1.29, 1.82) is 0 Å². The van der Waals surface area contributed by atoms with Gasteiger partial charge in [0.25, 0.3) is 0 Å². The molecule has 0 unspecified atom stereocenters. The maximum Gasteiger partial charge on any atom is 0.173 e. The maximum absolute atomic E-state index is 4.48. The van der Waals surface area contributed by atoms with Crippen molar-refractivity contribution >= 4 is 11.3 Å². The van der Waals surface area contributed by atoms with Crippen LogP contribution in [0.5, 0.6) is 0 Å². The molecule has 0 aromatic carbocycles. The highest BCUT2D eigenvalue weighted by molar-refractivity contribution is 7.07. The van der Waals surface area contributed by atoms with Gasteiger partial charge in [0.15, 0.2) is 11.6 Å². The zero-order valence-corrected chi connectivity index (χ0v) is 9.29. The van der Waals surface area contributed by atoms with E-state index in [-0.39, 0.29) is 0 Å². The van der Waals surface area contributed by atoms with Crippen molar-refractivity contribution in [3.8, 4) is 11.6 Å². The van der Waals surface area contributed by atoms with Crippen molar-refractivity contribution in [3.63, 3.8) is 0 Å². The predicted molar refractivity (Wildman–Crippen MR) is 63.3 cm³/mol. The molecule has 0 spiro atoms. The fourth-order valence-corrected chi connectivity index (χ4v) is 2.24. The normalized spacial score (nSPS) is 10.8. The van der Waals surface area contributed by atoms with Gasteiger partial charge in [-0.1, -0.05) is 0 Å². The van der Waals surface area contributed by atoms with E-state index < -0.39 is 0 Å². The summed E-state index contributed by atoms with van der Waals surface area (Å²) in [5.41, 5.74) is 2.33. The van der Waals surface area contributed by atoms with Gasteiger partial charge < -0.3 is 9.97 Å². The molecule has 0 aliphatic heterocycles. The molecular formula is C11H10N4S. The molecule has 0 fully saturated rings. The van der Waals surface area contributed by atoms with Gasteiger partial charge in [-0.25, -0.2) is 9.97 Å². The Balaban J connectivity index is 1.83. The first-order valence-electron chi connectivity index (χ1n) is 4.97. The molecule has 3 aromatic heterocycles. The van der Waals surface area contributed by atoms with Crippen molar-refractivity contribution in [1.82, 2.24) is 19.9 Å². The minimum absolute atomic E-state index is 0.775. The second-order valence-electron chi connectivity index (χ2n) is 3.49. The summed E-state index contributed by atoms with van der Waals surface area (Å²) in [6.07, 6.45) is 6.29. The second kappa shape index (κ2) is 3.94. The third-order valence-electron chi connectivity index (χ3n) is 2.32. The maximum atomic E-state index is 4.48. The van der Waals surface area contributed by atoms with Crippen LogP contribution in [0, 0.1) is 0 Å². The SMILES string of the molecule is c1c[nH]c(-c2nc(Cc3ccsc3)c[nH]2)n1. The molecule has 5 heteroatoms. The van der Waals surface area contributed by atoms with Crippen molar-refractivity contribution in [3.05, 3.63) is 46.7 Å². The smallest absolute Gasteiger partial charge is 0.173 e. The molecule has 2 N–H and O–H groups in total. The van der Waals surface area contributed by atoms with E-state index in [0.29, 0.717) is 0 Å². The zero-order chi connectivity index (χ0) is 10.8. The van der Waals surface area contributed by atoms with Gasteiger partial charge in [0.2, 0.25) is 0 Å². The first-order valence-corrected chi connectivity index (χ1v) is 5.91. The van der Waals surface area contributed by atoms with Crippen LogP contribution < -0.4 is 0 Å². The Morgan fingerprint density at radius 3 is 3.00 bits per heavy atom. The minimum atomic E-state index is 0.775. The summed E-state index contributed by atoms with van der Waals surface area (Å²) >= 11 is 1.71. The van der Waals surface area contributed by atoms with Gasteiger partial charge in [-0.05, 0) is 22.4 Å². The van der Waals surface area contributed by atoms with Crippen molar-refractivity contribution in [2.45, 2.75) is 6.42 Å². The highest BCUT2D eigenvalue weighted by Gasteiger charge is 2.06. The van der Waals surface area contributed by atoms with Gasteiger partial charge in [0.05, 0.1) is 5.69 Å². The number of thiophene rings is 1. The number of aromatic amines is 2. The number of H-pyrrole nitrogens is 2. The standard InChI is InChI=1S/C11H10N4S/c1-4-16-7-8(1)5-9-6-14-11(15-9)10-12-2-3-13-10/h1-4,6-7H,5H2,(H,12,13)(H,14,15). The van der Waals surface area contributed by atoms with Crippen LogP contribution in [0.25, 0.3) is 11.6 Å². The Labute approximate surface area is 96.4 Å². The zero-order valence-electron chi connectivity index (χ0n) is 8.47. The molecule has 80 valence electrons. The highest BCUT2D eigenvalue weighted by Crippen LogP contribution is 2.14. The van der Waals surface area contributed by atoms with Gasteiger partial charge in [0.1, 0.15) is 0 Å². The number of rotatable bonds is 3. The molecule has 0 saturated heterocycles. The Bertz CT molecular complexity index is 551. The fraction of sp³-hybridized carbons (Fsp3) is 0.0909. The van der Waals surface area contributed by atoms with Crippen LogP contribution in [-0.2, 0) is 6.42 Å². The summed E-state index contributed by atoms with van der Waals surface area (Å²) in [5.74, 6) is 1.56. The monoisotopic (exact) mass is 230 g/mol. The van der Waals surface area contributed by atoms with Crippen LogP contribution in [0.4, 0.5) is 0 Å². The van der Waals surface area contributed by atoms with E-state index in [2.05, 4.69) is 36.8 Å². The van der Waals surface area contributed by atoms with Crippen LogP contribution >= 0.6 is 11.3 Å². The van der Waals surface area contributed by atoms with Crippen molar-refractivity contribution < 1.29 is 0 Å². The molecule has 3 rings (SSSR count). The minimum Gasteiger partial charge on any atom is -0.342 e. The number of nitrogens with zero attached hydrogens (tertiary/aromatic N) is 2. The molecule has 0 bridgehead atoms. The molecule has 4 nitrogen and oxygen atoms in total. The van der Waals surface area contributed by atoms with E-state index in [1.165, 1.54) is 5.56 Å². The van der Waals surface area contributed by atoms with E-state index in [0.717, 1.165) is 23.8 Å². The molecule has 0 aliphatic carbocycles. The number of hydrogen-bond acceptors (Lipinski definition) is 3. The summed E-state index contributed by atoms with van der Waals surface area (Å²) in [6.45, 7) is 0. The quantitative estimate of drug-likeness (QED) is 0.726. The lowest BCUT2D eigenvalue weighted by atomic mass is 10.2. The average Bonchev–Trinajstić information content (AvgIpc) is 2.99. The number of hydrogen-bond donors (Lipinski definition) is 2. The summed E-state index contributed by atoms with van der Waals surface area (Å²) in [7, 11) is 0. The fourth-order valence-electron chi connectivity index (χ4n) is 1.57. The lowest BCUT2D eigenvalue weighted by Gasteiger charge is -1.91. The predicted octanol–water partition coefficient (Wildman–Crippen LogP) is 2.45. The second-order valence-corrected chi connectivity index (χ2v) is 4.27. The molecule has 3 heterocycles. The van der Waals surface area contributed by atoms with E-state index in [1.54, 1.807) is 23.7 Å². The van der Waals surface area contributed by atoms with Gasteiger partial charge in [-0.2, -0.15) is 11.3 Å². The summed E-state index contributed by atoms with van der Waals surface area (Å²) < 4.78 is 0. The molecule has 0 radical (unpaired) electrons. The summed E-state index contributed by atoms with van der Waals surface area (Å²) in [5, 5.41) is 4.22. The first kappa shape index (κ1) is 9.35. The van der Waals surface area contributed by atoms with E-state index in [4.69, 9.17) is 0 Å². The van der Waals surface area contributed by atoms with Crippen LogP contribution in [0.2, 0.25) is 0 Å². The number of imidazole rings is 2. The molecule has 16 heavy (non-hydrogen) atoms. The summed E-state index contributed by atoms with van der Waals surface area (Å²) in [6, 6.07) is 2.12. The molecule has 3 aromatic rings. The third-order valence-corrected chi connectivity index (χ3v) is 3.05. The Morgan fingerprint density at radius 1 is 1.25 bits per heavy atom. The van der Waals surface area contributed by atoms with E-state index in [1.807, 2.05) is 6.20 Å². The van der Waals surface area contributed by atoms with Gasteiger partial charge in [-0.3, -0.25) is 0 Å². The van der Waals surface area contributed by atoms with Gasteiger partial charge >= 0.3 is 0 Å². The molecule has 0 amide bonds. The number of aromatic nitrogens is 4. The lowest BCUT2D eigenvalue weighted by molar-refractivity contribution is 1.11.